The Morgan fingerprint density at radius 3 is 2.71 bits per heavy atom. The zero-order valence-electron chi connectivity index (χ0n) is 12.7. The van der Waals surface area contributed by atoms with Crippen molar-refractivity contribution in [1.29, 1.82) is 0 Å². The van der Waals surface area contributed by atoms with Gasteiger partial charge in [0, 0.05) is 12.2 Å². The summed E-state index contributed by atoms with van der Waals surface area (Å²) in [7, 11) is 0. The third-order valence-electron chi connectivity index (χ3n) is 4.22. The van der Waals surface area contributed by atoms with Gasteiger partial charge >= 0.3 is 5.97 Å². The summed E-state index contributed by atoms with van der Waals surface area (Å²) in [6, 6.07) is 1.95. The molecule has 0 bridgehead atoms. The number of hydrogen-bond acceptors (Lipinski definition) is 3. The molecule has 0 radical (unpaired) electrons. The van der Waals surface area contributed by atoms with E-state index in [1.165, 1.54) is 17.7 Å². The maximum Gasteiger partial charge on any atom is 0.323 e. The number of aromatic nitrogens is 2. The van der Waals surface area contributed by atoms with Gasteiger partial charge in [-0.2, -0.15) is 5.10 Å². The zero-order chi connectivity index (χ0) is 15.4. The molecule has 116 valence electrons. The molecule has 1 atom stereocenters. The standard InChI is InChI=1S/C15H23N3O3/c1-3-11(2)17(10-14(19)20)15(21)13-8-9-18(16-13)12-6-4-5-7-12/h8-9,11-12H,3-7,10H2,1-2H3,(H,19,20). The Bertz CT molecular complexity index is 506. The molecule has 1 aromatic rings. The van der Waals surface area contributed by atoms with Gasteiger partial charge < -0.3 is 10.0 Å². The molecule has 1 amide bonds. The van der Waals surface area contributed by atoms with E-state index < -0.39 is 5.97 Å². The van der Waals surface area contributed by atoms with Crippen LogP contribution in [0.2, 0.25) is 0 Å². The van der Waals surface area contributed by atoms with Crippen molar-refractivity contribution in [1.82, 2.24) is 14.7 Å². The van der Waals surface area contributed by atoms with Crippen molar-refractivity contribution in [2.45, 2.75) is 58.0 Å². The molecule has 6 heteroatoms. The molecule has 6 nitrogen and oxygen atoms in total. The van der Waals surface area contributed by atoms with Gasteiger partial charge in [0.15, 0.2) is 0 Å². The minimum Gasteiger partial charge on any atom is -0.480 e. The Labute approximate surface area is 124 Å². The van der Waals surface area contributed by atoms with Crippen molar-refractivity contribution < 1.29 is 14.7 Å². The second-order valence-electron chi connectivity index (χ2n) is 5.70. The molecule has 1 unspecified atom stereocenters. The molecule has 1 aromatic heterocycles. The van der Waals surface area contributed by atoms with Crippen LogP contribution in [-0.2, 0) is 4.79 Å². The Kier molecular flexibility index (Phi) is 4.98. The first-order valence-corrected chi connectivity index (χ1v) is 7.60. The molecular formula is C15H23N3O3. The highest BCUT2D eigenvalue weighted by Gasteiger charge is 2.26. The van der Waals surface area contributed by atoms with Crippen LogP contribution in [0.3, 0.4) is 0 Å². The topological polar surface area (TPSA) is 75.4 Å². The predicted octanol–water partition coefficient (Wildman–Crippen LogP) is 2.32. The van der Waals surface area contributed by atoms with Crippen molar-refractivity contribution in [3.8, 4) is 0 Å². The second-order valence-corrected chi connectivity index (χ2v) is 5.70. The first kappa shape index (κ1) is 15.5. The van der Waals surface area contributed by atoms with Crippen LogP contribution in [0.1, 0.15) is 62.5 Å². The third-order valence-corrected chi connectivity index (χ3v) is 4.22. The first-order chi connectivity index (χ1) is 10.0. The average Bonchev–Trinajstić information content (AvgIpc) is 3.12. The lowest BCUT2D eigenvalue weighted by molar-refractivity contribution is -0.138. The Balaban J connectivity index is 2.14. The highest BCUT2D eigenvalue weighted by molar-refractivity contribution is 5.94. The van der Waals surface area contributed by atoms with Gasteiger partial charge in [-0.25, -0.2) is 0 Å². The monoisotopic (exact) mass is 293 g/mol. The fraction of sp³-hybridized carbons (Fsp3) is 0.667. The summed E-state index contributed by atoms with van der Waals surface area (Å²) in [6.07, 6.45) is 7.14. The Hall–Kier alpha value is -1.85. The molecule has 0 aromatic carbocycles. The maximum absolute atomic E-state index is 12.5. The molecule has 2 rings (SSSR count). The highest BCUT2D eigenvalue weighted by Crippen LogP contribution is 2.28. The molecule has 0 aliphatic heterocycles. The molecule has 1 saturated carbocycles. The van der Waals surface area contributed by atoms with E-state index in [1.807, 2.05) is 24.7 Å². The fourth-order valence-electron chi connectivity index (χ4n) is 2.77. The zero-order valence-corrected chi connectivity index (χ0v) is 12.7. The van der Waals surface area contributed by atoms with Gasteiger partial charge in [-0.1, -0.05) is 19.8 Å². The van der Waals surface area contributed by atoms with Gasteiger partial charge in [0.1, 0.15) is 12.2 Å². The van der Waals surface area contributed by atoms with Crippen molar-refractivity contribution >= 4 is 11.9 Å². The number of aliphatic carboxylic acids is 1. The van der Waals surface area contributed by atoms with Crippen LogP contribution < -0.4 is 0 Å². The molecular weight excluding hydrogens is 270 g/mol. The first-order valence-electron chi connectivity index (χ1n) is 7.60. The Morgan fingerprint density at radius 1 is 1.48 bits per heavy atom. The van der Waals surface area contributed by atoms with E-state index in [0.717, 1.165) is 12.8 Å². The number of rotatable bonds is 6. The number of carboxylic acid groups (broad SMARTS) is 1. The average molecular weight is 293 g/mol. The molecule has 0 spiro atoms. The molecule has 1 heterocycles. The van der Waals surface area contributed by atoms with E-state index in [2.05, 4.69) is 5.10 Å². The minimum absolute atomic E-state index is 0.120. The summed E-state index contributed by atoms with van der Waals surface area (Å²) < 4.78 is 1.86. The summed E-state index contributed by atoms with van der Waals surface area (Å²) in [5.74, 6) is -1.30. The number of carboxylic acids is 1. The van der Waals surface area contributed by atoms with Crippen molar-refractivity contribution in [3.63, 3.8) is 0 Å². The summed E-state index contributed by atoms with van der Waals surface area (Å²) in [4.78, 5) is 24.8. The number of amides is 1. The van der Waals surface area contributed by atoms with E-state index in [-0.39, 0.29) is 18.5 Å². The van der Waals surface area contributed by atoms with E-state index >= 15 is 0 Å². The molecule has 1 aliphatic carbocycles. The van der Waals surface area contributed by atoms with Crippen LogP contribution >= 0.6 is 0 Å². The van der Waals surface area contributed by atoms with E-state index in [0.29, 0.717) is 18.2 Å². The highest BCUT2D eigenvalue weighted by atomic mass is 16.4. The molecule has 21 heavy (non-hydrogen) atoms. The summed E-state index contributed by atoms with van der Waals surface area (Å²) in [5.41, 5.74) is 0.337. The van der Waals surface area contributed by atoms with Gasteiger partial charge in [-0.15, -0.1) is 0 Å². The lowest BCUT2D eigenvalue weighted by Gasteiger charge is -2.26. The van der Waals surface area contributed by atoms with Gasteiger partial charge in [0.2, 0.25) is 0 Å². The quantitative estimate of drug-likeness (QED) is 0.873. The van der Waals surface area contributed by atoms with Crippen LogP contribution in [0.25, 0.3) is 0 Å². The largest absolute Gasteiger partial charge is 0.480 e. The van der Waals surface area contributed by atoms with Crippen molar-refractivity contribution in [2.75, 3.05) is 6.54 Å². The predicted molar refractivity (Wildman–Crippen MR) is 78.2 cm³/mol. The van der Waals surface area contributed by atoms with Crippen LogP contribution in [0.15, 0.2) is 12.3 Å². The smallest absolute Gasteiger partial charge is 0.323 e. The Morgan fingerprint density at radius 2 is 2.14 bits per heavy atom. The molecule has 1 fully saturated rings. The van der Waals surface area contributed by atoms with Crippen LogP contribution in [-0.4, -0.2) is 44.3 Å². The number of carbonyl (C=O) groups excluding carboxylic acids is 1. The maximum atomic E-state index is 12.5. The van der Waals surface area contributed by atoms with E-state index in [9.17, 15) is 9.59 Å². The minimum atomic E-state index is -1.00. The summed E-state index contributed by atoms with van der Waals surface area (Å²) in [6.45, 7) is 3.50. The molecule has 0 saturated heterocycles. The lowest BCUT2D eigenvalue weighted by atomic mass is 10.2. The second kappa shape index (κ2) is 6.74. The van der Waals surface area contributed by atoms with Gasteiger partial charge in [-0.05, 0) is 32.3 Å². The summed E-state index contributed by atoms with van der Waals surface area (Å²) >= 11 is 0. The third kappa shape index (κ3) is 3.62. The summed E-state index contributed by atoms with van der Waals surface area (Å²) in [5, 5.41) is 13.4. The molecule has 1 N–H and O–H groups in total. The van der Waals surface area contributed by atoms with Crippen molar-refractivity contribution in [3.05, 3.63) is 18.0 Å². The van der Waals surface area contributed by atoms with Crippen LogP contribution in [0.5, 0.6) is 0 Å². The van der Waals surface area contributed by atoms with Crippen molar-refractivity contribution in [2.24, 2.45) is 0 Å². The van der Waals surface area contributed by atoms with Crippen LogP contribution in [0.4, 0.5) is 0 Å². The lowest BCUT2D eigenvalue weighted by Crippen LogP contribution is -2.42. The van der Waals surface area contributed by atoms with Crippen LogP contribution in [0, 0.1) is 0 Å². The van der Waals surface area contributed by atoms with E-state index in [4.69, 9.17) is 5.11 Å². The van der Waals surface area contributed by atoms with Gasteiger partial charge in [0.05, 0.1) is 6.04 Å². The van der Waals surface area contributed by atoms with Gasteiger partial charge in [-0.3, -0.25) is 14.3 Å². The van der Waals surface area contributed by atoms with Gasteiger partial charge in [0.25, 0.3) is 5.91 Å². The number of hydrogen-bond donors (Lipinski definition) is 1. The normalized spacial score (nSPS) is 16.9. The number of nitrogens with zero attached hydrogens (tertiary/aromatic N) is 3. The fourth-order valence-corrected chi connectivity index (χ4v) is 2.77. The molecule has 1 aliphatic rings. The SMILES string of the molecule is CCC(C)N(CC(=O)O)C(=O)c1ccn(C2CCCC2)n1. The number of carbonyl (C=O) groups is 2. The van der Waals surface area contributed by atoms with E-state index in [1.54, 1.807) is 6.07 Å².